The first-order valence-electron chi connectivity index (χ1n) is 12.8. The van der Waals surface area contributed by atoms with Gasteiger partial charge in [-0.25, -0.2) is 9.97 Å². The summed E-state index contributed by atoms with van der Waals surface area (Å²) in [5, 5.41) is 11.5. The predicted molar refractivity (Wildman–Crippen MR) is 125 cm³/mol. The van der Waals surface area contributed by atoms with Gasteiger partial charge in [0, 0.05) is 11.6 Å². The molecule has 0 amide bonds. The molecular formula is C28H38N2O. The highest BCUT2D eigenvalue weighted by Gasteiger charge is 2.60. The first-order valence-corrected chi connectivity index (χ1v) is 12.8. The molecule has 0 bridgehead atoms. The summed E-state index contributed by atoms with van der Waals surface area (Å²) in [6.45, 7) is 7.19. The quantitative estimate of drug-likeness (QED) is 0.581. The van der Waals surface area contributed by atoms with E-state index >= 15 is 0 Å². The molecule has 31 heavy (non-hydrogen) atoms. The lowest BCUT2D eigenvalue weighted by molar-refractivity contribution is -0.122. The highest BCUT2D eigenvalue weighted by molar-refractivity contribution is 5.78. The largest absolute Gasteiger partial charge is 0.393 e. The predicted octanol–water partition coefficient (Wildman–Crippen LogP) is 6.43. The Morgan fingerprint density at radius 2 is 1.74 bits per heavy atom. The SMILES string of the molecule is Cc1ncc2cc([C@H]3CC[C@H]4[C@@H]5CC[C@H]6C[C@H](O)CC[C@]6(C)[C@H]5CC[C@]34C)ccc2n1. The van der Waals surface area contributed by atoms with Crippen molar-refractivity contribution < 1.29 is 5.11 Å². The van der Waals surface area contributed by atoms with Gasteiger partial charge in [0.05, 0.1) is 11.6 Å². The van der Waals surface area contributed by atoms with E-state index in [0.29, 0.717) is 16.7 Å². The molecule has 2 aromatic rings. The zero-order valence-electron chi connectivity index (χ0n) is 19.5. The van der Waals surface area contributed by atoms with Crippen molar-refractivity contribution in [3.05, 3.63) is 35.8 Å². The van der Waals surface area contributed by atoms with E-state index in [0.717, 1.165) is 47.9 Å². The zero-order valence-corrected chi connectivity index (χ0v) is 19.5. The number of benzene rings is 1. The molecule has 3 nitrogen and oxygen atoms in total. The van der Waals surface area contributed by atoms with Gasteiger partial charge < -0.3 is 5.11 Å². The van der Waals surface area contributed by atoms with Crippen LogP contribution in [0, 0.1) is 41.4 Å². The summed E-state index contributed by atoms with van der Waals surface area (Å²) in [5.41, 5.74) is 3.49. The first kappa shape index (κ1) is 20.1. The summed E-state index contributed by atoms with van der Waals surface area (Å²) in [7, 11) is 0. The maximum Gasteiger partial charge on any atom is 0.125 e. The minimum absolute atomic E-state index is 0.0417. The van der Waals surface area contributed by atoms with Crippen LogP contribution in [0.3, 0.4) is 0 Å². The third-order valence-electron chi connectivity index (χ3n) is 10.8. The van der Waals surface area contributed by atoms with E-state index in [1.807, 2.05) is 13.1 Å². The summed E-state index contributed by atoms with van der Waals surface area (Å²) in [5.74, 6) is 4.91. The van der Waals surface area contributed by atoms with E-state index in [-0.39, 0.29) is 6.10 Å². The van der Waals surface area contributed by atoms with E-state index in [9.17, 15) is 5.11 Å². The molecule has 1 N–H and O–H groups in total. The lowest BCUT2D eigenvalue weighted by Gasteiger charge is -2.61. The van der Waals surface area contributed by atoms with Crippen LogP contribution in [0.2, 0.25) is 0 Å². The van der Waals surface area contributed by atoms with Crippen LogP contribution in [0.4, 0.5) is 0 Å². The Kier molecular flexibility index (Phi) is 4.55. The average molecular weight is 419 g/mol. The third-order valence-corrected chi connectivity index (χ3v) is 10.8. The summed E-state index contributed by atoms with van der Waals surface area (Å²) >= 11 is 0. The number of fused-ring (bicyclic) bond motifs is 6. The van der Waals surface area contributed by atoms with Gasteiger partial charge in [-0.1, -0.05) is 19.9 Å². The molecule has 4 fully saturated rings. The molecule has 8 atom stereocenters. The van der Waals surface area contributed by atoms with Crippen molar-refractivity contribution in [2.75, 3.05) is 0 Å². The normalized spacial score (nSPS) is 44.5. The molecule has 0 saturated heterocycles. The van der Waals surface area contributed by atoms with Crippen LogP contribution in [0.15, 0.2) is 24.4 Å². The fourth-order valence-corrected chi connectivity index (χ4v) is 9.14. The molecule has 4 saturated carbocycles. The van der Waals surface area contributed by atoms with Crippen LogP contribution in [-0.2, 0) is 0 Å². The van der Waals surface area contributed by atoms with Gasteiger partial charge in [-0.2, -0.15) is 0 Å². The Hall–Kier alpha value is -1.48. The van der Waals surface area contributed by atoms with Crippen molar-refractivity contribution in [3.63, 3.8) is 0 Å². The standard InChI is InChI=1S/C28H38N2O/c1-17-29-16-19-14-18(4-9-26(19)30-17)23-7-8-24-22-6-5-20-15-21(31)10-12-27(20,2)25(22)11-13-28(23,24)3/h4,9,14,16,20-25,31H,5-8,10-13,15H2,1-3H3/t20-,21+,22-,23+,24-,25-,27-,28+/m0/s1. The Balaban J connectivity index is 1.30. The molecule has 1 aromatic heterocycles. The maximum absolute atomic E-state index is 10.3. The second-order valence-corrected chi connectivity index (χ2v) is 12.0. The molecule has 0 radical (unpaired) electrons. The Bertz CT molecular complexity index is 1000. The van der Waals surface area contributed by atoms with Gasteiger partial charge in [0.2, 0.25) is 0 Å². The lowest BCUT2D eigenvalue weighted by atomic mass is 9.44. The van der Waals surface area contributed by atoms with E-state index in [2.05, 4.69) is 42.0 Å². The van der Waals surface area contributed by atoms with E-state index < -0.39 is 0 Å². The minimum Gasteiger partial charge on any atom is -0.393 e. The van der Waals surface area contributed by atoms with Crippen molar-refractivity contribution in [2.24, 2.45) is 34.5 Å². The van der Waals surface area contributed by atoms with Crippen molar-refractivity contribution in [2.45, 2.75) is 90.6 Å². The minimum atomic E-state index is -0.0417. The number of hydrogen-bond donors (Lipinski definition) is 1. The van der Waals surface area contributed by atoms with Crippen LogP contribution >= 0.6 is 0 Å². The van der Waals surface area contributed by atoms with Crippen LogP contribution in [0.1, 0.15) is 88.9 Å². The Morgan fingerprint density at radius 1 is 0.935 bits per heavy atom. The average Bonchev–Trinajstić information content (AvgIpc) is 3.11. The summed E-state index contributed by atoms with van der Waals surface area (Å²) in [6.07, 6.45) is 13.5. The van der Waals surface area contributed by atoms with Gasteiger partial charge in [-0.15, -0.1) is 0 Å². The van der Waals surface area contributed by atoms with Crippen LogP contribution in [0.5, 0.6) is 0 Å². The number of nitrogens with zero attached hydrogens (tertiary/aromatic N) is 2. The van der Waals surface area contributed by atoms with Gasteiger partial charge in [0.25, 0.3) is 0 Å². The highest BCUT2D eigenvalue weighted by atomic mass is 16.3. The second-order valence-electron chi connectivity index (χ2n) is 12.0. The highest BCUT2D eigenvalue weighted by Crippen LogP contribution is 2.69. The molecular weight excluding hydrogens is 380 g/mol. The molecule has 4 aliphatic carbocycles. The number of aryl methyl sites for hydroxylation is 1. The van der Waals surface area contributed by atoms with Gasteiger partial charge in [0.1, 0.15) is 5.82 Å². The molecule has 0 aliphatic heterocycles. The van der Waals surface area contributed by atoms with Crippen LogP contribution in [0.25, 0.3) is 10.9 Å². The monoisotopic (exact) mass is 418 g/mol. The zero-order chi connectivity index (χ0) is 21.4. The van der Waals surface area contributed by atoms with Gasteiger partial charge >= 0.3 is 0 Å². The topological polar surface area (TPSA) is 46.0 Å². The molecule has 0 unspecified atom stereocenters. The molecule has 1 aromatic carbocycles. The first-order chi connectivity index (χ1) is 14.9. The van der Waals surface area contributed by atoms with Gasteiger partial charge in [-0.05, 0) is 123 Å². The van der Waals surface area contributed by atoms with Crippen molar-refractivity contribution in [1.29, 1.82) is 0 Å². The summed E-state index contributed by atoms with van der Waals surface area (Å²) in [6, 6.07) is 6.97. The maximum atomic E-state index is 10.3. The Labute approximate surface area is 187 Å². The number of aromatic nitrogens is 2. The smallest absolute Gasteiger partial charge is 0.125 e. The molecule has 4 aliphatic rings. The number of rotatable bonds is 1. The fraction of sp³-hybridized carbons (Fsp3) is 0.714. The Morgan fingerprint density at radius 3 is 2.61 bits per heavy atom. The van der Waals surface area contributed by atoms with E-state index in [1.165, 1.54) is 55.9 Å². The van der Waals surface area contributed by atoms with E-state index in [4.69, 9.17) is 0 Å². The van der Waals surface area contributed by atoms with Crippen molar-refractivity contribution >= 4 is 10.9 Å². The molecule has 3 heteroatoms. The van der Waals surface area contributed by atoms with Gasteiger partial charge in [-0.3, -0.25) is 0 Å². The third kappa shape index (κ3) is 2.95. The van der Waals surface area contributed by atoms with Crippen LogP contribution < -0.4 is 0 Å². The summed E-state index contributed by atoms with van der Waals surface area (Å²) < 4.78 is 0. The molecule has 0 spiro atoms. The van der Waals surface area contributed by atoms with Crippen molar-refractivity contribution in [1.82, 2.24) is 9.97 Å². The fourth-order valence-electron chi connectivity index (χ4n) is 9.14. The number of aliphatic hydroxyl groups excluding tert-OH is 1. The van der Waals surface area contributed by atoms with Crippen molar-refractivity contribution in [3.8, 4) is 0 Å². The molecule has 6 rings (SSSR count). The lowest BCUT2D eigenvalue weighted by Crippen LogP contribution is -2.53. The second kappa shape index (κ2) is 7.01. The van der Waals surface area contributed by atoms with Gasteiger partial charge in [0.15, 0.2) is 0 Å². The number of hydrogen-bond acceptors (Lipinski definition) is 3. The molecule has 1 heterocycles. The van der Waals surface area contributed by atoms with E-state index in [1.54, 1.807) is 0 Å². The number of aliphatic hydroxyl groups is 1. The van der Waals surface area contributed by atoms with Crippen LogP contribution in [-0.4, -0.2) is 21.2 Å². The molecule has 166 valence electrons. The summed E-state index contributed by atoms with van der Waals surface area (Å²) in [4.78, 5) is 9.07.